The van der Waals surface area contributed by atoms with E-state index in [0.717, 1.165) is 29.3 Å². The molecule has 2 aromatic heterocycles. The average molecular weight is 559 g/mol. The number of hydrogen-bond donors (Lipinski definition) is 2. The van der Waals surface area contributed by atoms with Crippen LogP contribution in [0.15, 0.2) is 56.5 Å². The Morgan fingerprint density at radius 1 is 1.29 bits per heavy atom. The number of aromatic nitrogens is 3. The van der Waals surface area contributed by atoms with Crippen LogP contribution in [0, 0.1) is 0 Å². The van der Waals surface area contributed by atoms with E-state index in [1.807, 2.05) is 37.4 Å². The van der Waals surface area contributed by atoms with Crippen molar-refractivity contribution in [2.75, 3.05) is 20.1 Å². The van der Waals surface area contributed by atoms with E-state index < -0.39 is 0 Å². The number of rotatable bonds is 7. The van der Waals surface area contributed by atoms with Gasteiger partial charge in [0.2, 0.25) is 5.82 Å². The Labute approximate surface area is 190 Å². The van der Waals surface area contributed by atoms with E-state index in [1.165, 1.54) is 5.56 Å². The summed E-state index contributed by atoms with van der Waals surface area (Å²) < 4.78 is 6.41. The molecule has 0 fully saturated rings. The Bertz CT molecular complexity index is 880. The van der Waals surface area contributed by atoms with Gasteiger partial charge in [-0.1, -0.05) is 34.1 Å². The summed E-state index contributed by atoms with van der Waals surface area (Å²) in [4.78, 5) is 11.3. The molecule has 0 bridgehead atoms. The van der Waals surface area contributed by atoms with Gasteiger partial charge < -0.3 is 14.6 Å². The van der Waals surface area contributed by atoms with Crippen LogP contribution < -0.4 is 5.32 Å². The van der Waals surface area contributed by atoms with E-state index in [1.54, 1.807) is 6.26 Å². The summed E-state index contributed by atoms with van der Waals surface area (Å²) in [7, 11) is 2.03. The van der Waals surface area contributed by atoms with Gasteiger partial charge in [0, 0.05) is 37.6 Å². The number of aromatic amines is 1. The normalized spacial score (nSPS) is 11.2. The van der Waals surface area contributed by atoms with E-state index in [9.17, 15) is 0 Å². The minimum absolute atomic E-state index is 0. The zero-order valence-electron chi connectivity index (χ0n) is 15.9. The molecule has 7 nitrogen and oxygen atoms in total. The summed E-state index contributed by atoms with van der Waals surface area (Å²) in [5, 5.41) is 10.5. The summed E-state index contributed by atoms with van der Waals surface area (Å²) in [5.74, 6) is 2.87. The third-order valence-corrected chi connectivity index (χ3v) is 4.72. The number of halogens is 2. The van der Waals surface area contributed by atoms with Crippen molar-refractivity contribution in [2.24, 2.45) is 4.99 Å². The Hall–Kier alpha value is -1.88. The number of hydrogen-bond acceptors (Lipinski definition) is 4. The maximum absolute atomic E-state index is 5.31. The molecule has 0 unspecified atom stereocenters. The number of furan rings is 1. The first kappa shape index (κ1) is 22.4. The smallest absolute Gasteiger partial charge is 0.216 e. The van der Waals surface area contributed by atoms with Crippen molar-refractivity contribution < 1.29 is 4.42 Å². The summed E-state index contributed by atoms with van der Waals surface area (Å²) in [5.41, 5.74) is 1.21. The van der Waals surface area contributed by atoms with Crippen LogP contribution >= 0.6 is 39.9 Å². The van der Waals surface area contributed by atoms with Crippen LogP contribution in [0.3, 0.4) is 0 Å². The third-order valence-electron chi connectivity index (χ3n) is 3.95. The molecule has 1 aromatic carbocycles. The summed E-state index contributed by atoms with van der Waals surface area (Å²) in [6, 6.07) is 11.9. The molecule has 150 valence electrons. The molecular weight excluding hydrogens is 535 g/mol. The second kappa shape index (κ2) is 11.2. The maximum Gasteiger partial charge on any atom is 0.216 e. The van der Waals surface area contributed by atoms with Crippen molar-refractivity contribution >= 4 is 45.9 Å². The van der Waals surface area contributed by atoms with Crippen molar-refractivity contribution in [1.82, 2.24) is 25.4 Å². The highest BCUT2D eigenvalue weighted by atomic mass is 127. The van der Waals surface area contributed by atoms with Gasteiger partial charge in [-0.2, -0.15) is 5.10 Å². The summed E-state index contributed by atoms with van der Waals surface area (Å²) in [6.45, 7) is 4.24. The van der Waals surface area contributed by atoms with Crippen molar-refractivity contribution in [3.05, 3.63) is 58.5 Å². The van der Waals surface area contributed by atoms with Crippen LogP contribution in [-0.2, 0) is 13.0 Å². The fraction of sp³-hybridized carbons (Fsp3) is 0.316. The average Bonchev–Trinajstić information content (AvgIpc) is 3.34. The molecule has 9 heteroatoms. The lowest BCUT2D eigenvalue weighted by Gasteiger charge is -2.22. The quantitative estimate of drug-likeness (QED) is 0.259. The largest absolute Gasteiger partial charge is 0.461 e. The predicted octanol–water partition coefficient (Wildman–Crippen LogP) is 4.09. The fourth-order valence-electron chi connectivity index (χ4n) is 2.62. The maximum atomic E-state index is 5.31. The molecule has 0 aliphatic heterocycles. The standard InChI is InChI=1S/C19H23BrN6O.HI/c1-3-21-19(26(2)13-14-7-4-5-8-15(14)20)22-11-10-17-23-18(25-24-17)16-9-6-12-27-16;/h4-9,12H,3,10-11,13H2,1-2H3,(H,21,22)(H,23,24,25);1H. The molecule has 0 saturated heterocycles. The van der Waals surface area contributed by atoms with Gasteiger partial charge in [0.05, 0.1) is 6.26 Å². The number of H-pyrrole nitrogens is 1. The molecule has 0 spiro atoms. The van der Waals surface area contributed by atoms with Crippen LogP contribution in [0.5, 0.6) is 0 Å². The highest BCUT2D eigenvalue weighted by molar-refractivity contribution is 14.0. The number of aliphatic imine (C=N–C) groups is 1. The van der Waals surface area contributed by atoms with Gasteiger partial charge in [-0.3, -0.25) is 10.1 Å². The molecule has 0 radical (unpaired) electrons. The lowest BCUT2D eigenvalue weighted by Crippen LogP contribution is -2.38. The third kappa shape index (κ3) is 6.06. The van der Waals surface area contributed by atoms with E-state index in [0.29, 0.717) is 24.6 Å². The van der Waals surface area contributed by atoms with Crippen molar-refractivity contribution in [3.63, 3.8) is 0 Å². The van der Waals surface area contributed by atoms with Gasteiger partial charge in [-0.15, -0.1) is 24.0 Å². The van der Waals surface area contributed by atoms with Crippen LogP contribution in [-0.4, -0.2) is 46.2 Å². The Morgan fingerprint density at radius 2 is 2.11 bits per heavy atom. The number of guanidine groups is 1. The lowest BCUT2D eigenvalue weighted by atomic mass is 10.2. The molecule has 2 N–H and O–H groups in total. The number of nitrogens with one attached hydrogen (secondary N) is 2. The Kier molecular flexibility index (Phi) is 8.97. The summed E-state index contributed by atoms with van der Waals surface area (Å²) in [6.07, 6.45) is 2.28. The van der Waals surface area contributed by atoms with Gasteiger partial charge in [0.25, 0.3) is 0 Å². The fourth-order valence-corrected chi connectivity index (χ4v) is 3.03. The molecule has 2 heterocycles. The summed E-state index contributed by atoms with van der Waals surface area (Å²) >= 11 is 3.60. The molecule has 0 amide bonds. The van der Waals surface area contributed by atoms with E-state index in [2.05, 4.69) is 54.3 Å². The molecule has 3 aromatic rings. The van der Waals surface area contributed by atoms with Crippen LogP contribution in [0.1, 0.15) is 18.3 Å². The van der Waals surface area contributed by atoms with Gasteiger partial charge in [-0.25, -0.2) is 4.98 Å². The highest BCUT2D eigenvalue weighted by Gasteiger charge is 2.10. The van der Waals surface area contributed by atoms with E-state index in [-0.39, 0.29) is 24.0 Å². The van der Waals surface area contributed by atoms with Crippen molar-refractivity contribution in [2.45, 2.75) is 19.9 Å². The molecule has 0 atom stereocenters. The molecular formula is C19H24BrIN6O. The van der Waals surface area contributed by atoms with Gasteiger partial charge >= 0.3 is 0 Å². The van der Waals surface area contributed by atoms with E-state index in [4.69, 9.17) is 9.41 Å². The van der Waals surface area contributed by atoms with Gasteiger partial charge in [0.15, 0.2) is 11.7 Å². The zero-order valence-corrected chi connectivity index (χ0v) is 19.8. The van der Waals surface area contributed by atoms with Crippen molar-refractivity contribution in [3.8, 4) is 11.6 Å². The first-order valence-corrected chi connectivity index (χ1v) is 9.64. The first-order chi connectivity index (χ1) is 13.2. The lowest BCUT2D eigenvalue weighted by molar-refractivity contribution is 0.476. The van der Waals surface area contributed by atoms with Crippen LogP contribution in [0.4, 0.5) is 0 Å². The zero-order chi connectivity index (χ0) is 19.1. The van der Waals surface area contributed by atoms with Gasteiger partial charge in [0.1, 0.15) is 5.82 Å². The molecule has 28 heavy (non-hydrogen) atoms. The van der Waals surface area contributed by atoms with Crippen molar-refractivity contribution in [1.29, 1.82) is 0 Å². The minimum atomic E-state index is 0. The van der Waals surface area contributed by atoms with Crippen LogP contribution in [0.2, 0.25) is 0 Å². The molecule has 0 aliphatic rings. The first-order valence-electron chi connectivity index (χ1n) is 8.85. The second-order valence-electron chi connectivity index (χ2n) is 6.02. The minimum Gasteiger partial charge on any atom is -0.461 e. The van der Waals surface area contributed by atoms with Gasteiger partial charge in [-0.05, 0) is 30.7 Å². The van der Waals surface area contributed by atoms with Crippen LogP contribution in [0.25, 0.3) is 11.6 Å². The number of nitrogens with zero attached hydrogens (tertiary/aromatic N) is 4. The monoisotopic (exact) mass is 558 g/mol. The second-order valence-corrected chi connectivity index (χ2v) is 6.87. The SMILES string of the molecule is CCNC(=NCCc1nc(-c2ccco2)n[nH]1)N(C)Cc1ccccc1Br.I. The molecule has 3 rings (SSSR count). The molecule has 0 saturated carbocycles. The number of benzene rings is 1. The Balaban J connectivity index is 0.00000280. The Morgan fingerprint density at radius 3 is 2.82 bits per heavy atom. The highest BCUT2D eigenvalue weighted by Crippen LogP contribution is 2.17. The molecule has 0 aliphatic carbocycles. The topological polar surface area (TPSA) is 82.3 Å². The van der Waals surface area contributed by atoms with E-state index >= 15 is 0 Å². The predicted molar refractivity (Wildman–Crippen MR) is 125 cm³/mol.